The molecular weight excluding hydrogens is 963 g/mol. The summed E-state index contributed by atoms with van der Waals surface area (Å²) in [6.07, 6.45) is 5.71. The lowest BCUT2D eigenvalue weighted by Crippen LogP contribution is -2.08. The van der Waals surface area contributed by atoms with Crippen LogP contribution in [0.2, 0.25) is 0 Å². The van der Waals surface area contributed by atoms with Gasteiger partial charge in [-0.15, -0.1) is 23.1 Å². The van der Waals surface area contributed by atoms with Crippen LogP contribution in [-0.4, -0.2) is 29.3 Å². The largest absolute Gasteiger partial charge is 0.309 e. The van der Waals surface area contributed by atoms with E-state index < -0.39 is 0 Å². The molecule has 1 aliphatic heterocycles. The molecule has 0 fully saturated rings. The van der Waals surface area contributed by atoms with Gasteiger partial charge in [-0.3, -0.25) is 4.57 Å². The van der Waals surface area contributed by atoms with Gasteiger partial charge < -0.3 is 4.57 Å². The van der Waals surface area contributed by atoms with Crippen LogP contribution >= 0.6 is 23.1 Å². The average Bonchev–Trinajstić information content (AvgIpc) is 4.27. The molecule has 0 spiro atoms. The molecule has 14 aromatic rings. The van der Waals surface area contributed by atoms with Gasteiger partial charge in [0.05, 0.1) is 44.8 Å². The highest BCUT2D eigenvalue weighted by Crippen LogP contribution is 2.50. The first kappa shape index (κ1) is 43.3. The number of pyridine rings is 1. The van der Waals surface area contributed by atoms with E-state index in [-0.39, 0.29) is 0 Å². The van der Waals surface area contributed by atoms with Crippen molar-refractivity contribution in [3.8, 4) is 56.5 Å². The number of thioether (sulfide) groups is 1. The third kappa shape index (κ3) is 6.97. The van der Waals surface area contributed by atoms with Gasteiger partial charge >= 0.3 is 0 Å². The highest BCUT2D eigenvalue weighted by molar-refractivity contribution is 8.00. The maximum atomic E-state index is 5.63. The number of thiophene rings is 1. The summed E-state index contributed by atoms with van der Waals surface area (Å²) in [6.45, 7) is 0. The first-order valence-electron chi connectivity index (χ1n) is 25.8. The summed E-state index contributed by atoms with van der Waals surface area (Å²) in [6, 6.07) is 83.3. The standard InChI is InChI=1S/C69H43N5S2/c1-3-16-42(17-4-1)57-37-47(38-58(70-57)43-18-5-2-6-19-43)44-20-15-21-48(34-44)73-61-26-11-7-22-49(61)53-39-54-50-23-8-12-27-62(50)74(64(54)41-63(53)73)69-71-59(45-30-32-67-55(35-45)51-24-9-13-28-65(51)75-67)40-60(72-69)46-31-33-68-56(36-46)52-25-10-14-29-66(52)76-68/h1-32,34-41,68H,33H2. The van der Waals surface area contributed by atoms with Crippen LogP contribution in [0.5, 0.6) is 0 Å². The Kier molecular flexibility index (Phi) is 9.80. The zero-order chi connectivity index (χ0) is 49.8. The van der Waals surface area contributed by atoms with Crippen molar-refractivity contribution < 1.29 is 0 Å². The predicted octanol–water partition coefficient (Wildman–Crippen LogP) is 18.4. The van der Waals surface area contributed by atoms with Crippen molar-refractivity contribution in [2.24, 2.45) is 0 Å². The Labute approximate surface area is 446 Å². The molecule has 6 heterocycles. The summed E-state index contributed by atoms with van der Waals surface area (Å²) in [7, 11) is 0. The molecule has 5 nitrogen and oxygen atoms in total. The molecule has 9 aromatic carbocycles. The van der Waals surface area contributed by atoms with Crippen molar-refractivity contribution in [3.05, 3.63) is 254 Å². The molecule has 0 N–H and O–H groups in total. The fraction of sp³-hybridized carbons (Fsp3) is 0.0290. The number of hydrogen-bond acceptors (Lipinski definition) is 5. The van der Waals surface area contributed by atoms with E-state index in [0.717, 1.165) is 101 Å². The molecule has 16 rings (SSSR count). The van der Waals surface area contributed by atoms with E-state index in [2.05, 4.69) is 252 Å². The smallest absolute Gasteiger partial charge is 0.235 e. The van der Waals surface area contributed by atoms with Crippen LogP contribution in [-0.2, 0) is 0 Å². The molecule has 356 valence electrons. The van der Waals surface area contributed by atoms with Crippen molar-refractivity contribution in [2.75, 3.05) is 0 Å². The van der Waals surface area contributed by atoms with Gasteiger partial charge in [-0.1, -0.05) is 158 Å². The zero-order valence-electron chi connectivity index (χ0n) is 40.9. The zero-order valence-corrected chi connectivity index (χ0v) is 42.6. The quantitative estimate of drug-likeness (QED) is 0.160. The second-order valence-electron chi connectivity index (χ2n) is 19.8. The maximum Gasteiger partial charge on any atom is 0.235 e. The lowest BCUT2D eigenvalue weighted by Gasteiger charge is -2.18. The molecule has 0 bridgehead atoms. The van der Waals surface area contributed by atoms with Crippen LogP contribution in [0.25, 0.3) is 131 Å². The van der Waals surface area contributed by atoms with Crippen LogP contribution in [0, 0.1) is 0 Å². The van der Waals surface area contributed by atoms with Gasteiger partial charge in [-0.25, -0.2) is 15.0 Å². The second kappa shape index (κ2) is 17.2. The van der Waals surface area contributed by atoms with Gasteiger partial charge in [-0.2, -0.15) is 0 Å². The topological polar surface area (TPSA) is 48.5 Å². The predicted molar refractivity (Wildman–Crippen MR) is 320 cm³/mol. The highest BCUT2D eigenvalue weighted by atomic mass is 32.2. The molecular formula is C69H43N5S2. The summed E-state index contributed by atoms with van der Waals surface area (Å²) in [5, 5.41) is 7.60. The average molecular weight is 1010 g/mol. The molecule has 5 aromatic heterocycles. The summed E-state index contributed by atoms with van der Waals surface area (Å²) in [4.78, 5) is 17.8. The van der Waals surface area contributed by atoms with Crippen molar-refractivity contribution in [1.29, 1.82) is 0 Å². The number of hydrogen-bond donors (Lipinski definition) is 0. The number of benzene rings is 9. The van der Waals surface area contributed by atoms with Crippen molar-refractivity contribution in [3.63, 3.8) is 0 Å². The summed E-state index contributed by atoms with van der Waals surface area (Å²) >= 11 is 3.81. The van der Waals surface area contributed by atoms with Crippen LogP contribution in [0.4, 0.5) is 0 Å². The molecule has 7 heteroatoms. The Morgan fingerprint density at radius 3 is 1.78 bits per heavy atom. The van der Waals surface area contributed by atoms with E-state index in [1.807, 2.05) is 23.1 Å². The third-order valence-corrected chi connectivity index (χ3v) is 17.9. The molecule has 1 aliphatic carbocycles. The first-order chi connectivity index (χ1) is 37.6. The van der Waals surface area contributed by atoms with Crippen LogP contribution in [0.3, 0.4) is 0 Å². The van der Waals surface area contributed by atoms with Crippen molar-refractivity contribution >= 4 is 98.0 Å². The fourth-order valence-corrected chi connectivity index (χ4v) is 14.2. The number of allylic oxidation sites excluding steroid dienone is 3. The third-order valence-electron chi connectivity index (χ3n) is 15.4. The number of aromatic nitrogens is 5. The Balaban J connectivity index is 0.914. The van der Waals surface area contributed by atoms with Crippen LogP contribution in [0.1, 0.15) is 17.7 Å². The lowest BCUT2D eigenvalue weighted by atomic mass is 9.92. The van der Waals surface area contributed by atoms with Crippen LogP contribution < -0.4 is 0 Å². The van der Waals surface area contributed by atoms with E-state index in [1.54, 1.807) is 0 Å². The molecule has 0 radical (unpaired) electrons. The van der Waals surface area contributed by atoms with Crippen LogP contribution in [0.15, 0.2) is 248 Å². The Morgan fingerprint density at radius 1 is 0.382 bits per heavy atom. The van der Waals surface area contributed by atoms with E-state index in [9.17, 15) is 0 Å². The number of rotatable bonds is 7. The number of fused-ring (bicyclic) bond motifs is 12. The molecule has 2 aliphatic rings. The monoisotopic (exact) mass is 1010 g/mol. The summed E-state index contributed by atoms with van der Waals surface area (Å²) in [5.41, 5.74) is 18.4. The van der Waals surface area contributed by atoms with Gasteiger partial charge in [0, 0.05) is 74.2 Å². The fourth-order valence-electron chi connectivity index (χ4n) is 11.9. The minimum absolute atomic E-state index is 0.395. The normalized spacial score (nSPS) is 14.2. The van der Waals surface area contributed by atoms with Gasteiger partial charge in [0.25, 0.3) is 0 Å². The highest BCUT2D eigenvalue weighted by Gasteiger charge is 2.30. The van der Waals surface area contributed by atoms with Gasteiger partial charge in [-0.05, 0) is 119 Å². The first-order valence-corrected chi connectivity index (χ1v) is 27.5. The number of para-hydroxylation sites is 2. The van der Waals surface area contributed by atoms with E-state index in [0.29, 0.717) is 11.2 Å². The summed E-state index contributed by atoms with van der Waals surface area (Å²) in [5.74, 6) is 0.640. The minimum atomic E-state index is 0.395. The van der Waals surface area contributed by atoms with E-state index in [4.69, 9.17) is 15.0 Å². The minimum Gasteiger partial charge on any atom is -0.309 e. The second-order valence-corrected chi connectivity index (χ2v) is 22.2. The maximum absolute atomic E-state index is 5.63. The van der Waals surface area contributed by atoms with Gasteiger partial charge in [0.2, 0.25) is 5.95 Å². The molecule has 1 unspecified atom stereocenters. The molecule has 1 atom stereocenters. The SMILES string of the molecule is C1=C(c2cc(-c3ccc4sc5ccccc5c4c3)nc(-n3c4ccccc4c4cc5c6ccccc6n(-c6cccc(-c7cc(-c8ccccc8)nc(-c8ccccc8)c7)c6)c5cc43)n2)C=C2c3ccccc3SC2C1. The Morgan fingerprint density at radius 2 is 1.00 bits per heavy atom. The molecule has 0 saturated carbocycles. The molecule has 0 saturated heterocycles. The lowest BCUT2D eigenvalue weighted by molar-refractivity contribution is 0.981. The summed E-state index contributed by atoms with van der Waals surface area (Å²) < 4.78 is 7.30. The van der Waals surface area contributed by atoms with Crippen molar-refractivity contribution in [2.45, 2.75) is 16.6 Å². The van der Waals surface area contributed by atoms with E-state index in [1.165, 1.54) is 47.0 Å². The van der Waals surface area contributed by atoms with Gasteiger partial charge in [0.1, 0.15) is 0 Å². The van der Waals surface area contributed by atoms with Gasteiger partial charge in [0.15, 0.2) is 0 Å². The Hall–Kier alpha value is -9.14. The Bertz CT molecular complexity index is 4710. The van der Waals surface area contributed by atoms with Crippen molar-refractivity contribution in [1.82, 2.24) is 24.1 Å². The molecule has 76 heavy (non-hydrogen) atoms. The number of nitrogens with zero attached hydrogens (tertiary/aromatic N) is 5. The van der Waals surface area contributed by atoms with E-state index >= 15 is 0 Å². The molecule has 0 amide bonds.